The van der Waals surface area contributed by atoms with Crippen molar-refractivity contribution in [3.8, 4) is 0 Å². The van der Waals surface area contributed by atoms with Crippen LogP contribution in [0, 0.1) is 6.92 Å². The van der Waals surface area contributed by atoms with Crippen LogP contribution in [-0.4, -0.2) is 16.1 Å². The summed E-state index contributed by atoms with van der Waals surface area (Å²) in [4.78, 5) is 4.10. The summed E-state index contributed by atoms with van der Waals surface area (Å²) in [5, 5.41) is 9.80. The lowest BCUT2D eigenvalue weighted by molar-refractivity contribution is 0.143. The fourth-order valence-electron chi connectivity index (χ4n) is 1.26. The summed E-state index contributed by atoms with van der Waals surface area (Å²) >= 11 is 0. The quantitative estimate of drug-likeness (QED) is 0.733. The SMILES string of the molecule is CC[C@@H](N)[C@@H](O)c1cccnc1C. The lowest BCUT2D eigenvalue weighted by Gasteiger charge is -2.18. The van der Waals surface area contributed by atoms with Gasteiger partial charge in [0.05, 0.1) is 6.10 Å². The van der Waals surface area contributed by atoms with E-state index in [0.717, 1.165) is 17.7 Å². The summed E-state index contributed by atoms with van der Waals surface area (Å²) in [6.45, 7) is 3.83. The maximum atomic E-state index is 9.80. The van der Waals surface area contributed by atoms with Crippen molar-refractivity contribution in [2.75, 3.05) is 0 Å². The molecule has 1 heterocycles. The second-order valence-corrected chi connectivity index (χ2v) is 3.19. The topological polar surface area (TPSA) is 59.1 Å². The highest BCUT2D eigenvalue weighted by Gasteiger charge is 2.16. The fraction of sp³-hybridized carbons (Fsp3) is 0.500. The number of pyridine rings is 1. The highest BCUT2D eigenvalue weighted by Crippen LogP contribution is 2.19. The molecule has 0 aliphatic rings. The molecule has 3 N–H and O–H groups in total. The van der Waals surface area contributed by atoms with Gasteiger partial charge in [-0.25, -0.2) is 0 Å². The van der Waals surface area contributed by atoms with Gasteiger partial charge in [0.2, 0.25) is 0 Å². The Morgan fingerprint density at radius 3 is 2.85 bits per heavy atom. The van der Waals surface area contributed by atoms with Crippen molar-refractivity contribution < 1.29 is 5.11 Å². The fourth-order valence-corrected chi connectivity index (χ4v) is 1.26. The number of aliphatic hydroxyl groups excluding tert-OH is 1. The Morgan fingerprint density at radius 2 is 2.31 bits per heavy atom. The van der Waals surface area contributed by atoms with E-state index in [9.17, 15) is 5.11 Å². The Bertz CT molecular complexity index is 275. The molecule has 0 bridgehead atoms. The lowest BCUT2D eigenvalue weighted by atomic mass is 10.0. The van der Waals surface area contributed by atoms with Crippen LogP contribution in [-0.2, 0) is 0 Å². The van der Waals surface area contributed by atoms with Crippen molar-refractivity contribution in [2.45, 2.75) is 32.4 Å². The third-order valence-corrected chi connectivity index (χ3v) is 2.24. The van der Waals surface area contributed by atoms with Gasteiger partial charge in [0, 0.05) is 23.5 Å². The van der Waals surface area contributed by atoms with E-state index in [1.807, 2.05) is 26.0 Å². The van der Waals surface area contributed by atoms with Crippen molar-refractivity contribution in [3.05, 3.63) is 29.6 Å². The molecule has 0 saturated carbocycles. The molecule has 0 fully saturated rings. The van der Waals surface area contributed by atoms with E-state index in [1.165, 1.54) is 0 Å². The van der Waals surface area contributed by atoms with Gasteiger partial charge in [-0.3, -0.25) is 4.98 Å². The van der Waals surface area contributed by atoms with Crippen LogP contribution in [0.15, 0.2) is 18.3 Å². The Morgan fingerprint density at radius 1 is 1.62 bits per heavy atom. The number of aliphatic hydroxyl groups is 1. The summed E-state index contributed by atoms with van der Waals surface area (Å²) in [5.74, 6) is 0. The summed E-state index contributed by atoms with van der Waals surface area (Å²) in [7, 11) is 0. The van der Waals surface area contributed by atoms with Crippen LogP contribution in [0.5, 0.6) is 0 Å². The summed E-state index contributed by atoms with van der Waals surface area (Å²) in [5.41, 5.74) is 7.42. The van der Waals surface area contributed by atoms with E-state index in [1.54, 1.807) is 6.20 Å². The van der Waals surface area contributed by atoms with Gasteiger partial charge in [0.15, 0.2) is 0 Å². The van der Waals surface area contributed by atoms with Crippen molar-refractivity contribution in [2.24, 2.45) is 5.73 Å². The molecule has 0 radical (unpaired) electrons. The first-order valence-electron chi connectivity index (χ1n) is 4.52. The second-order valence-electron chi connectivity index (χ2n) is 3.19. The van der Waals surface area contributed by atoms with Crippen LogP contribution in [0.3, 0.4) is 0 Å². The first-order chi connectivity index (χ1) is 6.16. The third-order valence-electron chi connectivity index (χ3n) is 2.24. The van der Waals surface area contributed by atoms with Crippen LogP contribution in [0.25, 0.3) is 0 Å². The van der Waals surface area contributed by atoms with Crippen molar-refractivity contribution in [1.82, 2.24) is 4.98 Å². The van der Waals surface area contributed by atoms with Crippen LogP contribution < -0.4 is 5.73 Å². The average molecular weight is 180 g/mol. The molecule has 0 unspecified atom stereocenters. The Balaban J connectivity index is 2.88. The van der Waals surface area contributed by atoms with E-state index >= 15 is 0 Å². The minimum absolute atomic E-state index is 0.206. The van der Waals surface area contributed by atoms with E-state index in [-0.39, 0.29) is 6.04 Å². The number of nitrogens with zero attached hydrogens (tertiary/aromatic N) is 1. The zero-order valence-electron chi connectivity index (χ0n) is 8.07. The van der Waals surface area contributed by atoms with E-state index in [4.69, 9.17) is 5.73 Å². The predicted octanol–water partition coefficient (Wildman–Crippen LogP) is 1.16. The standard InChI is InChI=1S/C10H16N2O/c1-3-9(11)10(13)8-5-4-6-12-7(8)2/h4-6,9-10,13H,3,11H2,1-2H3/t9-,10+/m1/s1. The zero-order chi connectivity index (χ0) is 9.84. The highest BCUT2D eigenvalue weighted by molar-refractivity contribution is 5.22. The molecule has 1 aromatic heterocycles. The molecule has 3 nitrogen and oxygen atoms in total. The largest absolute Gasteiger partial charge is 0.387 e. The van der Waals surface area contributed by atoms with Gasteiger partial charge in [-0.2, -0.15) is 0 Å². The highest BCUT2D eigenvalue weighted by atomic mass is 16.3. The first kappa shape index (κ1) is 10.2. The normalized spacial score (nSPS) is 15.4. The van der Waals surface area contributed by atoms with E-state index in [2.05, 4.69) is 4.98 Å². The van der Waals surface area contributed by atoms with Crippen molar-refractivity contribution in [3.63, 3.8) is 0 Å². The van der Waals surface area contributed by atoms with Gasteiger partial charge in [0.25, 0.3) is 0 Å². The number of aryl methyl sites for hydroxylation is 1. The second kappa shape index (κ2) is 4.35. The van der Waals surface area contributed by atoms with Crippen molar-refractivity contribution >= 4 is 0 Å². The molecule has 72 valence electrons. The molecule has 2 atom stereocenters. The number of hydrogen-bond acceptors (Lipinski definition) is 3. The zero-order valence-corrected chi connectivity index (χ0v) is 8.07. The molecular weight excluding hydrogens is 164 g/mol. The maximum absolute atomic E-state index is 9.80. The van der Waals surface area contributed by atoms with Gasteiger partial charge >= 0.3 is 0 Å². The molecule has 0 saturated heterocycles. The van der Waals surface area contributed by atoms with Crippen LogP contribution >= 0.6 is 0 Å². The van der Waals surface area contributed by atoms with Gasteiger partial charge in [-0.1, -0.05) is 13.0 Å². The molecule has 0 aromatic carbocycles. The minimum atomic E-state index is -0.598. The number of nitrogens with two attached hydrogens (primary N) is 1. The molecule has 0 aliphatic carbocycles. The molecule has 0 aliphatic heterocycles. The minimum Gasteiger partial charge on any atom is -0.387 e. The summed E-state index contributed by atoms with van der Waals surface area (Å²) in [6.07, 6.45) is 1.87. The smallest absolute Gasteiger partial charge is 0.0958 e. The number of hydrogen-bond donors (Lipinski definition) is 2. The van der Waals surface area contributed by atoms with Crippen LogP contribution in [0.1, 0.15) is 30.7 Å². The molecule has 1 aromatic rings. The number of aromatic nitrogens is 1. The Labute approximate surface area is 78.6 Å². The Kier molecular flexibility index (Phi) is 3.39. The molecule has 13 heavy (non-hydrogen) atoms. The molecule has 0 spiro atoms. The van der Waals surface area contributed by atoms with Gasteiger partial charge in [-0.15, -0.1) is 0 Å². The summed E-state index contributed by atoms with van der Waals surface area (Å²) < 4.78 is 0. The van der Waals surface area contributed by atoms with E-state index < -0.39 is 6.10 Å². The van der Waals surface area contributed by atoms with Gasteiger partial charge in [-0.05, 0) is 19.4 Å². The van der Waals surface area contributed by atoms with Gasteiger partial charge < -0.3 is 10.8 Å². The maximum Gasteiger partial charge on any atom is 0.0958 e. The average Bonchev–Trinajstić information content (AvgIpc) is 2.16. The van der Waals surface area contributed by atoms with E-state index in [0.29, 0.717) is 0 Å². The predicted molar refractivity (Wildman–Crippen MR) is 52.2 cm³/mol. The molecular formula is C10H16N2O. The number of rotatable bonds is 3. The van der Waals surface area contributed by atoms with Crippen molar-refractivity contribution in [1.29, 1.82) is 0 Å². The van der Waals surface area contributed by atoms with Gasteiger partial charge in [0.1, 0.15) is 0 Å². The molecule has 1 rings (SSSR count). The molecule has 3 heteroatoms. The Hall–Kier alpha value is -0.930. The lowest BCUT2D eigenvalue weighted by Crippen LogP contribution is -2.27. The monoisotopic (exact) mass is 180 g/mol. The third kappa shape index (κ3) is 2.26. The van der Waals surface area contributed by atoms with Crippen LogP contribution in [0.2, 0.25) is 0 Å². The first-order valence-corrected chi connectivity index (χ1v) is 4.52. The summed E-state index contributed by atoms with van der Waals surface area (Å²) in [6, 6.07) is 3.47. The van der Waals surface area contributed by atoms with Crippen LogP contribution in [0.4, 0.5) is 0 Å². The molecule has 0 amide bonds.